The molecule has 0 heterocycles. The van der Waals surface area contributed by atoms with Crippen LogP contribution in [0.1, 0.15) is 12.0 Å². The zero-order valence-electron chi connectivity index (χ0n) is 9.96. The molecular weight excluding hydrogens is 293 g/mol. The molecule has 0 saturated carbocycles. The smallest absolute Gasteiger partial charge is 0.264 e. The van der Waals surface area contributed by atoms with Crippen molar-refractivity contribution in [2.75, 3.05) is 7.11 Å². The van der Waals surface area contributed by atoms with Gasteiger partial charge in [0.15, 0.2) is 0 Å². The maximum atomic E-state index is 12.9. The molecule has 0 fully saturated rings. The van der Waals surface area contributed by atoms with E-state index in [1.54, 1.807) is 24.3 Å². The summed E-state index contributed by atoms with van der Waals surface area (Å²) in [6.45, 7) is 0. The summed E-state index contributed by atoms with van der Waals surface area (Å²) in [5.41, 5.74) is 0.891. The van der Waals surface area contributed by atoms with E-state index in [0.29, 0.717) is 26.9 Å². The fourth-order valence-electron chi connectivity index (χ4n) is 1.78. The van der Waals surface area contributed by atoms with Crippen LogP contribution in [-0.4, -0.2) is 7.11 Å². The molecule has 2 aromatic carbocycles. The van der Waals surface area contributed by atoms with Gasteiger partial charge in [-0.25, -0.2) is 8.78 Å². The first-order chi connectivity index (χ1) is 9.02. The van der Waals surface area contributed by atoms with Crippen molar-refractivity contribution >= 4 is 23.2 Å². The Bertz CT molecular complexity index is 580. The zero-order chi connectivity index (χ0) is 14.0. The Morgan fingerprint density at radius 2 is 1.68 bits per heavy atom. The van der Waals surface area contributed by atoms with Gasteiger partial charge in [0.05, 0.1) is 7.11 Å². The molecule has 0 N–H and O–H groups in total. The first-order valence-corrected chi connectivity index (χ1v) is 6.20. The monoisotopic (exact) mass is 302 g/mol. The Hall–Kier alpha value is -1.32. The molecule has 0 amide bonds. The molecule has 0 radical (unpaired) electrons. The first kappa shape index (κ1) is 14.1. The summed E-state index contributed by atoms with van der Waals surface area (Å²) in [6, 6.07) is 9.29. The maximum absolute atomic E-state index is 12.9. The number of hydrogen-bond donors (Lipinski definition) is 0. The van der Waals surface area contributed by atoms with Crippen molar-refractivity contribution < 1.29 is 13.5 Å². The molecule has 0 spiro atoms. The van der Waals surface area contributed by atoms with E-state index in [2.05, 4.69) is 0 Å². The molecule has 0 aromatic heterocycles. The molecule has 19 heavy (non-hydrogen) atoms. The van der Waals surface area contributed by atoms with Gasteiger partial charge in [0.1, 0.15) is 5.75 Å². The number of methoxy groups -OCH3 is 1. The van der Waals surface area contributed by atoms with Gasteiger partial charge in [0.25, 0.3) is 6.43 Å². The zero-order valence-corrected chi connectivity index (χ0v) is 11.5. The number of alkyl halides is 2. The molecule has 2 aromatic rings. The van der Waals surface area contributed by atoms with Gasteiger partial charge in [0.2, 0.25) is 0 Å². The number of ether oxygens (including phenoxy) is 1. The van der Waals surface area contributed by atoms with Crippen molar-refractivity contribution in [2.24, 2.45) is 0 Å². The summed E-state index contributed by atoms with van der Waals surface area (Å²) < 4.78 is 30.7. The Labute approximate surface area is 119 Å². The van der Waals surface area contributed by atoms with Crippen molar-refractivity contribution in [1.29, 1.82) is 0 Å². The highest BCUT2D eigenvalue weighted by atomic mass is 35.5. The third kappa shape index (κ3) is 2.99. The normalized spacial score (nSPS) is 10.8. The maximum Gasteiger partial charge on any atom is 0.264 e. The van der Waals surface area contributed by atoms with Gasteiger partial charge in [-0.3, -0.25) is 0 Å². The Kier molecular flexibility index (Phi) is 4.27. The lowest BCUT2D eigenvalue weighted by Crippen LogP contribution is -1.91. The largest absolute Gasteiger partial charge is 0.497 e. The lowest BCUT2D eigenvalue weighted by molar-refractivity contribution is 0.151. The van der Waals surface area contributed by atoms with Crippen LogP contribution in [0.2, 0.25) is 10.0 Å². The topological polar surface area (TPSA) is 9.23 Å². The SMILES string of the molecule is COc1cc(-c2c(Cl)cccc2Cl)cc(C(F)F)c1. The molecule has 1 nitrogen and oxygen atoms in total. The minimum atomic E-state index is -2.59. The van der Waals surface area contributed by atoms with Crippen molar-refractivity contribution in [1.82, 2.24) is 0 Å². The second-order valence-corrected chi connectivity index (χ2v) is 4.71. The Morgan fingerprint density at radius 3 is 2.21 bits per heavy atom. The lowest BCUT2D eigenvalue weighted by Gasteiger charge is -2.11. The van der Waals surface area contributed by atoms with E-state index in [9.17, 15) is 8.78 Å². The minimum absolute atomic E-state index is 0.134. The molecule has 0 atom stereocenters. The van der Waals surface area contributed by atoms with Gasteiger partial charge < -0.3 is 4.74 Å². The summed E-state index contributed by atoms with van der Waals surface area (Å²) in [5.74, 6) is 0.337. The van der Waals surface area contributed by atoms with Crippen LogP contribution in [0.25, 0.3) is 11.1 Å². The Morgan fingerprint density at radius 1 is 1.05 bits per heavy atom. The fourth-order valence-corrected chi connectivity index (χ4v) is 2.40. The van der Waals surface area contributed by atoms with Gasteiger partial charge in [-0.15, -0.1) is 0 Å². The lowest BCUT2D eigenvalue weighted by atomic mass is 10.0. The molecule has 0 aliphatic heterocycles. The minimum Gasteiger partial charge on any atom is -0.497 e. The second-order valence-electron chi connectivity index (χ2n) is 3.89. The quantitative estimate of drug-likeness (QED) is 0.716. The second kappa shape index (κ2) is 5.76. The van der Waals surface area contributed by atoms with E-state index in [1.165, 1.54) is 19.2 Å². The number of rotatable bonds is 3. The standard InChI is InChI=1S/C14H10Cl2F2O/c1-19-10-6-8(5-9(7-10)14(17)18)13-11(15)3-2-4-12(13)16/h2-7,14H,1H3. The third-order valence-electron chi connectivity index (χ3n) is 2.67. The average molecular weight is 303 g/mol. The van der Waals surface area contributed by atoms with E-state index in [-0.39, 0.29) is 5.56 Å². The van der Waals surface area contributed by atoms with Crippen LogP contribution in [-0.2, 0) is 0 Å². The van der Waals surface area contributed by atoms with E-state index in [4.69, 9.17) is 27.9 Å². The van der Waals surface area contributed by atoms with Crippen LogP contribution in [0.5, 0.6) is 5.75 Å². The summed E-state index contributed by atoms with van der Waals surface area (Å²) in [7, 11) is 1.42. The van der Waals surface area contributed by atoms with Crippen LogP contribution in [0, 0.1) is 0 Å². The molecule has 100 valence electrons. The van der Waals surface area contributed by atoms with Crippen LogP contribution < -0.4 is 4.74 Å². The molecule has 0 saturated heterocycles. The highest BCUT2D eigenvalue weighted by Gasteiger charge is 2.14. The highest BCUT2D eigenvalue weighted by molar-refractivity contribution is 6.39. The molecule has 0 unspecified atom stereocenters. The molecule has 5 heteroatoms. The first-order valence-electron chi connectivity index (χ1n) is 5.44. The summed E-state index contributed by atoms with van der Waals surface area (Å²) >= 11 is 12.2. The van der Waals surface area contributed by atoms with Gasteiger partial charge in [-0.2, -0.15) is 0 Å². The number of halogens is 4. The van der Waals surface area contributed by atoms with Crippen LogP contribution in [0.3, 0.4) is 0 Å². The van der Waals surface area contributed by atoms with Crippen molar-refractivity contribution in [2.45, 2.75) is 6.43 Å². The van der Waals surface area contributed by atoms with E-state index >= 15 is 0 Å². The van der Waals surface area contributed by atoms with Crippen molar-refractivity contribution in [3.05, 3.63) is 52.0 Å². The van der Waals surface area contributed by atoms with E-state index in [1.807, 2.05) is 0 Å². The third-order valence-corrected chi connectivity index (χ3v) is 3.30. The number of hydrogen-bond acceptors (Lipinski definition) is 1. The van der Waals surface area contributed by atoms with Crippen LogP contribution >= 0.6 is 23.2 Å². The Balaban J connectivity index is 2.64. The predicted octanol–water partition coefficient (Wildman–Crippen LogP) is 5.61. The molecule has 0 aliphatic rings. The molecule has 0 bridgehead atoms. The van der Waals surface area contributed by atoms with E-state index < -0.39 is 6.43 Å². The highest BCUT2D eigenvalue weighted by Crippen LogP contribution is 2.38. The molecule has 0 aliphatic carbocycles. The van der Waals surface area contributed by atoms with Gasteiger partial charge in [0, 0.05) is 21.2 Å². The predicted molar refractivity (Wildman–Crippen MR) is 73.4 cm³/mol. The van der Waals surface area contributed by atoms with Crippen LogP contribution in [0.4, 0.5) is 8.78 Å². The average Bonchev–Trinajstić information content (AvgIpc) is 2.38. The van der Waals surface area contributed by atoms with Crippen molar-refractivity contribution in [3.63, 3.8) is 0 Å². The summed E-state index contributed by atoms with van der Waals surface area (Å²) in [5, 5.41) is 0.807. The van der Waals surface area contributed by atoms with Crippen LogP contribution in [0.15, 0.2) is 36.4 Å². The van der Waals surface area contributed by atoms with Gasteiger partial charge in [-0.1, -0.05) is 29.3 Å². The van der Waals surface area contributed by atoms with Gasteiger partial charge >= 0.3 is 0 Å². The van der Waals surface area contributed by atoms with E-state index in [0.717, 1.165) is 0 Å². The van der Waals surface area contributed by atoms with Crippen molar-refractivity contribution in [3.8, 4) is 16.9 Å². The fraction of sp³-hybridized carbons (Fsp3) is 0.143. The number of benzene rings is 2. The molecule has 2 rings (SSSR count). The molecular formula is C14H10Cl2F2O. The van der Waals surface area contributed by atoms with Gasteiger partial charge in [-0.05, 0) is 35.9 Å². The summed E-state index contributed by atoms with van der Waals surface area (Å²) in [4.78, 5) is 0. The summed E-state index contributed by atoms with van der Waals surface area (Å²) in [6.07, 6.45) is -2.59.